The number of primary amides is 1. The summed E-state index contributed by atoms with van der Waals surface area (Å²) in [5.74, 6) is 2.67. The number of likely N-dealkylation sites (tertiary alicyclic amines) is 1. The number of terminal acetylenes is 1. The van der Waals surface area contributed by atoms with Gasteiger partial charge < -0.3 is 26.4 Å². The second-order valence-corrected chi connectivity index (χ2v) is 10.8. The van der Waals surface area contributed by atoms with E-state index in [1.54, 1.807) is 12.1 Å². The molecule has 0 spiro atoms. The predicted molar refractivity (Wildman–Crippen MR) is 167 cm³/mol. The van der Waals surface area contributed by atoms with Crippen LogP contribution in [0.15, 0.2) is 42.7 Å². The van der Waals surface area contributed by atoms with E-state index in [9.17, 15) is 14.4 Å². The lowest BCUT2D eigenvalue weighted by Gasteiger charge is -2.32. The summed E-state index contributed by atoms with van der Waals surface area (Å²) in [6, 6.07) is 9.80. The monoisotopic (exact) mass is 585 g/mol. The number of hydrogen-bond donors (Lipinski definition) is 4. The Kier molecular flexibility index (Phi) is 10.9. The highest BCUT2D eigenvalue weighted by Gasteiger charge is 2.30. The highest BCUT2D eigenvalue weighted by molar-refractivity contribution is 6.02. The second-order valence-electron chi connectivity index (χ2n) is 10.8. The average Bonchev–Trinajstić information content (AvgIpc) is 3.00. The molecule has 0 bridgehead atoms. The van der Waals surface area contributed by atoms with Crippen LogP contribution < -0.4 is 26.4 Å². The number of amides is 3. The standard InChI is InChI=1S/C32H39N7O4/c1-4-21-11-10-12-22(17-21)36-30-23-18-26(28(43-3)19-25(23)34-20-35-30)38-31(41)24(13-6-5-7-15-29(33)40)37-32(42)27-14-8-9-16-39(27)2/h1,10-12,17-20,24,27H,5-9,13-16H2,2-3H3,(H2,33,40)(H,37,42)(H,38,41)(H,34,35,36)/t24-,27?/m0/s1. The van der Waals surface area contributed by atoms with E-state index in [2.05, 4.69) is 31.8 Å². The summed E-state index contributed by atoms with van der Waals surface area (Å²) in [4.78, 5) is 48.9. The topological polar surface area (TPSA) is 152 Å². The number of piperidine rings is 1. The van der Waals surface area contributed by atoms with Gasteiger partial charge in [0.25, 0.3) is 0 Å². The molecule has 2 aromatic carbocycles. The van der Waals surface area contributed by atoms with Crippen LogP contribution in [0.25, 0.3) is 10.9 Å². The summed E-state index contributed by atoms with van der Waals surface area (Å²) < 4.78 is 5.59. The van der Waals surface area contributed by atoms with Gasteiger partial charge in [0.1, 0.15) is 23.9 Å². The zero-order chi connectivity index (χ0) is 30.8. The highest BCUT2D eigenvalue weighted by atomic mass is 16.5. The Hall–Kier alpha value is -4.69. The van der Waals surface area contributed by atoms with Crippen LogP contribution in [-0.2, 0) is 14.4 Å². The third-order valence-corrected chi connectivity index (χ3v) is 7.63. The molecule has 0 aliphatic carbocycles. The molecule has 1 saturated heterocycles. The van der Waals surface area contributed by atoms with E-state index in [-0.39, 0.29) is 30.2 Å². The predicted octanol–water partition coefficient (Wildman–Crippen LogP) is 3.71. The summed E-state index contributed by atoms with van der Waals surface area (Å²) >= 11 is 0. The number of unbranched alkanes of at least 4 members (excludes halogenated alkanes) is 2. The molecular weight excluding hydrogens is 546 g/mol. The fraction of sp³-hybridized carbons (Fsp3) is 0.406. The first-order valence-corrected chi connectivity index (χ1v) is 14.5. The minimum atomic E-state index is -0.784. The number of nitrogens with two attached hydrogens (primary N) is 1. The van der Waals surface area contributed by atoms with Crippen LogP contribution in [0.4, 0.5) is 17.2 Å². The van der Waals surface area contributed by atoms with Gasteiger partial charge in [0.05, 0.1) is 24.4 Å². The van der Waals surface area contributed by atoms with Gasteiger partial charge >= 0.3 is 0 Å². The molecule has 3 amide bonds. The summed E-state index contributed by atoms with van der Waals surface area (Å²) in [6.45, 7) is 0.835. The Morgan fingerprint density at radius 3 is 2.74 bits per heavy atom. The maximum Gasteiger partial charge on any atom is 0.247 e. The van der Waals surface area contributed by atoms with E-state index in [0.717, 1.165) is 37.1 Å². The molecule has 2 atom stereocenters. The third-order valence-electron chi connectivity index (χ3n) is 7.63. The van der Waals surface area contributed by atoms with Crippen molar-refractivity contribution in [3.63, 3.8) is 0 Å². The summed E-state index contributed by atoms with van der Waals surface area (Å²) in [5, 5.41) is 9.89. The number of nitrogens with one attached hydrogen (secondary N) is 3. The number of carbonyl (C=O) groups excluding carboxylic acids is 3. The molecular formula is C32H39N7O4. The number of hydrogen-bond acceptors (Lipinski definition) is 8. The number of likely N-dealkylation sites (N-methyl/N-ethyl adjacent to an activating group) is 1. The Morgan fingerprint density at radius 1 is 1.16 bits per heavy atom. The van der Waals surface area contributed by atoms with Gasteiger partial charge in [-0.1, -0.05) is 31.2 Å². The molecule has 1 aliphatic heterocycles. The summed E-state index contributed by atoms with van der Waals surface area (Å²) in [6.07, 6.45) is 12.4. The second kappa shape index (κ2) is 15.0. The first-order chi connectivity index (χ1) is 20.8. The van der Waals surface area contributed by atoms with Crippen LogP contribution >= 0.6 is 0 Å². The maximum absolute atomic E-state index is 13.7. The molecule has 1 aromatic heterocycles. The van der Waals surface area contributed by atoms with Gasteiger partial charge in [0.2, 0.25) is 17.7 Å². The van der Waals surface area contributed by atoms with Crippen molar-refractivity contribution in [1.82, 2.24) is 20.2 Å². The van der Waals surface area contributed by atoms with Crippen LogP contribution in [0.1, 0.15) is 56.9 Å². The van der Waals surface area contributed by atoms with Crippen LogP contribution in [0.2, 0.25) is 0 Å². The zero-order valence-corrected chi connectivity index (χ0v) is 24.7. The molecule has 11 heteroatoms. The quantitative estimate of drug-likeness (QED) is 0.175. The number of ether oxygens (including phenoxy) is 1. The van der Waals surface area contributed by atoms with Crippen molar-refractivity contribution in [2.75, 3.05) is 31.3 Å². The molecule has 5 N–H and O–H groups in total. The maximum atomic E-state index is 13.7. The van der Waals surface area contributed by atoms with Gasteiger partial charge in [-0.05, 0) is 63.5 Å². The molecule has 226 valence electrons. The van der Waals surface area contributed by atoms with Gasteiger partial charge in [0.15, 0.2) is 0 Å². The Bertz CT molecular complexity index is 1500. The van der Waals surface area contributed by atoms with Crippen LogP contribution in [0.3, 0.4) is 0 Å². The SMILES string of the molecule is C#Cc1cccc(Nc2ncnc3cc(OC)c(NC(=O)[C@H](CCCCCC(N)=O)NC(=O)C4CCCCN4C)cc23)c1. The van der Waals surface area contributed by atoms with Crippen LogP contribution in [0.5, 0.6) is 5.75 Å². The van der Waals surface area contributed by atoms with Crippen LogP contribution in [-0.4, -0.2) is 65.4 Å². The van der Waals surface area contributed by atoms with Crippen molar-refractivity contribution in [3.8, 4) is 18.1 Å². The number of methoxy groups -OCH3 is 1. The Balaban J connectivity index is 1.57. The van der Waals surface area contributed by atoms with Crippen molar-refractivity contribution >= 4 is 45.8 Å². The van der Waals surface area contributed by atoms with Gasteiger partial charge in [-0.15, -0.1) is 6.42 Å². The van der Waals surface area contributed by atoms with E-state index in [4.69, 9.17) is 16.9 Å². The third kappa shape index (κ3) is 8.42. The molecule has 1 aliphatic rings. The summed E-state index contributed by atoms with van der Waals surface area (Å²) in [5.41, 5.74) is 7.77. The molecule has 0 saturated carbocycles. The largest absolute Gasteiger partial charge is 0.494 e. The Morgan fingerprint density at radius 2 is 2.00 bits per heavy atom. The lowest BCUT2D eigenvalue weighted by Crippen LogP contribution is -2.53. The number of benzene rings is 2. The van der Waals surface area contributed by atoms with Gasteiger partial charge in [-0.3, -0.25) is 19.3 Å². The zero-order valence-electron chi connectivity index (χ0n) is 24.7. The van der Waals surface area contributed by atoms with E-state index in [1.807, 2.05) is 36.2 Å². The minimum absolute atomic E-state index is 0.168. The van der Waals surface area contributed by atoms with E-state index >= 15 is 0 Å². The molecule has 3 aromatic rings. The molecule has 0 radical (unpaired) electrons. The number of aromatic nitrogens is 2. The molecule has 1 unspecified atom stereocenters. The van der Waals surface area contributed by atoms with Crippen molar-refractivity contribution in [3.05, 3.63) is 48.3 Å². The number of carbonyl (C=O) groups is 3. The molecule has 43 heavy (non-hydrogen) atoms. The van der Waals surface area contributed by atoms with Crippen LogP contribution in [0, 0.1) is 12.3 Å². The molecule has 1 fully saturated rings. The number of rotatable bonds is 13. The van der Waals surface area contributed by atoms with E-state index in [1.165, 1.54) is 13.4 Å². The number of fused-ring (bicyclic) bond motifs is 1. The fourth-order valence-corrected chi connectivity index (χ4v) is 5.26. The van der Waals surface area contributed by atoms with E-state index < -0.39 is 6.04 Å². The fourth-order valence-electron chi connectivity index (χ4n) is 5.26. The van der Waals surface area contributed by atoms with Gasteiger partial charge in [-0.2, -0.15) is 0 Å². The van der Waals surface area contributed by atoms with Crippen molar-refractivity contribution < 1.29 is 19.1 Å². The highest BCUT2D eigenvalue weighted by Crippen LogP contribution is 2.33. The number of nitrogens with zero attached hydrogens (tertiary/aromatic N) is 3. The first-order valence-electron chi connectivity index (χ1n) is 14.5. The molecule has 4 rings (SSSR count). The first kappa shape index (κ1) is 31.3. The lowest BCUT2D eigenvalue weighted by atomic mass is 10.0. The average molecular weight is 586 g/mol. The minimum Gasteiger partial charge on any atom is -0.494 e. The Labute approximate surface area is 252 Å². The van der Waals surface area contributed by atoms with E-state index in [0.29, 0.717) is 53.8 Å². The summed E-state index contributed by atoms with van der Waals surface area (Å²) in [7, 11) is 3.44. The normalized spacial score (nSPS) is 15.7. The molecule has 2 heterocycles. The lowest BCUT2D eigenvalue weighted by molar-refractivity contribution is -0.131. The van der Waals surface area contributed by atoms with Gasteiger partial charge in [0, 0.05) is 29.1 Å². The smallest absolute Gasteiger partial charge is 0.247 e. The van der Waals surface area contributed by atoms with Gasteiger partial charge in [-0.25, -0.2) is 9.97 Å². The van der Waals surface area contributed by atoms with Crippen molar-refractivity contribution in [2.24, 2.45) is 5.73 Å². The van der Waals surface area contributed by atoms with Crippen molar-refractivity contribution in [2.45, 2.75) is 63.5 Å². The number of anilines is 3. The van der Waals surface area contributed by atoms with Crippen molar-refractivity contribution in [1.29, 1.82) is 0 Å². The molecule has 11 nitrogen and oxygen atoms in total.